The van der Waals surface area contributed by atoms with Gasteiger partial charge in [-0.2, -0.15) is 4.98 Å². The summed E-state index contributed by atoms with van der Waals surface area (Å²) in [4.78, 5) is 14.4. The van der Waals surface area contributed by atoms with Gasteiger partial charge >= 0.3 is 5.65 Å². The summed E-state index contributed by atoms with van der Waals surface area (Å²) < 4.78 is 0. The van der Waals surface area contributed by atoms with Crippen LogP contribution in [0.2, 0.25) is 0 Å². The van der Waals surface area contributed by atoms with Gasteiger partial charge in [0.05, 0.1) is 0 Å². The Hall–Kier alpha value is -1.65. The minimum Gasteiger partial charge on any atom is -0.370 e. The number of nitrogens with zero attached hydrogens (tertiary/aromatic N) is 2. The van der Waals surface area contributed by atoms with Crippen molar-refractivity contribution < 1.29 is 4.98 Å². The molecule has 0 aliphatic carbocycles. The van der Waals surface area contributed by atoms with E-state index in [1.54, 1.807) is 6.33 Å². The minimum absolute atomic E-state index is 0.753. The van der Waals surface area contributed by atoms with Crippen molar-refractivity contribution in [3.8, 4) is 0 Å². The van der Waals surface area contributed by atoms with E-state index in [1.165, 1.54) is 0 Å². The second kappa shape index (κ2) is 2.44. The third-order valence-corrected chi connectivity index (χ3v) is 1.68. The van der Waals surface area contributed by atoms with Crippen LogP contribution in [0.25, 0.3) is 11.2 Å². The Morgan fingerprint density at radius 3 is 3.08 bits per heavy atom. The van der Waals surface area contributed by atoms with Gasteiger partial charge in [-0.1, -0.05) is 4.98 Å². The summed E-state index contributed by atoms with van der Waals surface area (Å²) in [5.41, 5.74) is 1.73. The molecule has 0 aromatic carbocycles. The van der Waals surface area contributed by atoms with Gasteiger partial charge in [-0.05, 0) is 0 Å². The molecular weight excluding hydrogens is 154 g/mol. The molecule has 5 heteroatoms. The van der Waals surface area contributed by atoms with E-state index < -0.39 is 0 Å². The highest BCUT2D eigenvalue weighted by Gasteiger charge is 2.11. The van der Waals surface area contributed by atoms with Crippen LogP contribution in [0.5, 0.6) is 0 Å². The summed E-state index contributed by atoms with van der Waals surface area (Å²) in [5, 5.41) is 2.99. The number of aryl methyl sites for hydroxylation is 1. The molecule has 5 nitrogen and oxygen atoms in total. The van der Waals surface area contributed by atoms with E-state index in [2.05, 4.69) is 25.3 Å². The van der Waals surface area contributed by atoms with Crippen LogP contribution in [-0.2, 0) is 0 Å². The second-order valence-corrected chi connectivity index (χ2v) is 2.53. The van der Waals surface area contributed by atoms with E-state index >= 15 is 0 Å². The first-order chi connectivity index (χ1) is 5.81. The van der Waals surface area contributed by atoms with Crippen LogP contribution < -0.4 is 10.3 Å². The fraction of sp³-hybridized carbons (Fsp3) is 0.286. The van der Waals surface area contributed by atoms with Gasteiger partial charge in [0.1, 0.15) is 0 Å². The maximum atomic E-state index is 4.22. The number of anilines is 1. The third-order valence-electron chi connectivity index (χ3n) is 1.68. The number of fused-ring (bicyclic) bond motifs is 1. The van der Waals surface area contributed by atoms with E-state index in [1.807, 2.05) is 14.0 Å². The van der Waals surface area contributed by atoms with Gasteiger partial charge in [0.2, 0.25) is 11.3 Å². The quantitative estimate of drug-likeness (QED) is 0.629. The smallest absolute Gasteiger partial charge is 0.305 e. The number of rotatable bonds is 1. The van der Waals surface area contributed by atoms with Gasteiger partial charge in [-0.25, -0.2) is 4.98 Å². The average molecular weight is 164 g/mol. The molecule has 0 spiro atoms. The van der Waals surface area contributed by atoms with Gasteiger partial charge in [0.15, 0.2) is 12.1 Å². The number of aromatic nitrogens is 4. The molecule has 0 aliphatic rings. The number of aromatic amines is 2. The Kier molecular flexibility index (Phi) is 1.43. The Morgan fingerprint density at radius 1 is 1.50 bits per heavy atom. The molecule has 0 amide bonds. The van der Waals surface area contributed by atoms with Crippen LogP contribution in [0.15, 0.2) is 6.33 Å². The number of hydrogen-bond acceptors (Lipinski definition) is 3. The topological polar surface area (TPSA) is 67.7 Å². The SMILES string of the molecule is CNc1nc(C)nc2[nH+]c[nH]c12. The van der Waals surface area contributed by atoms with Crippen molar-refractivity contribution in [2.75, 3.05) is 12.4 Å². The lowest BCUT2D eigenvalue weighted by molar-refractivity contribution is -0.347. The minimum atomic E-state index is 0.753. The Balaban J connectivity index is 2.80. The summed E-state index contributed by atoms with van der Waals surface area (Å²) in [5.74, 6) is 1.57. The molecule has 0 fully saturated rings. The summed E-state index contributed by atoms with van der Waals surface area (Å²) in [6.07, 6.45) is 1.74. The van der Waals surface area contributed by atoms with Crippen LogP contribution in [0.1, 0.15) is 5.82 Å². The molecule has 0 radical (unpaired) electrons. The van der Waals surface area contributed by atoms with Crippen LogP contribution in [-0.4, -0.2) is 22.0 Å². The molecule has 62 valence electrons. The van der Waals surface area contributed by atoms with E-state index in [9.17, 15) is 0 Å². The molecule has 2 aromatic heterocycles. The van der Waals surface area contributed by atoms with Crippen LogP contribution in [0.3, 0.4) is 0 Å². The second-order valence-electron chi connectivity index (χ2n) is 2.53. The van der Waals surface area contributed by atoms with Gasteiger partial charge in [-0.15, -0.1) is 0 Å². The number of imidazole rings is 1. The zero-order valence-electron chi connectivity index (χ0n) is 6.97. The van der Waals surface area contributed by atoms with E-state index in [0.29, 0.717) is 0 Å². The predicted molar refractivity (Wildman–Crippen MR) is 44.7 cm³/mol. The first kappa shape index (κ1) is 7.02. The van der Waals surface area contributed by atoms with Crippen LogP contribution >= 0.6 is 0 Å². The number of hydrogen-bond donors (Lipinski definition) is 2. The zero-order chi connectivity index (χ0) is 8.55. The molecular formula is C7H10N5+. The number of nitrogens with one attached hydrogen (secondary N) is 3. The molecule has 2 rings (SSSR count). The van der Waals surface area contributed by atoms with Crippen LogP contribution in [0.4, 0.5) is 5.82 Å². The van der Waals surface area contributed by atoms with Gasteiger partial charge in [0, 0.05) is 14.0 Å². The standard InChI is InChI=1S/C7H9N5/c1-4-11-6(8-2)5-7(12-4)10-3-9-5/h3H,1-2H3,(H2,8,9,10,11,12)/p+1. The molecule has 0 saturated carbocycles. The summed E-state index contributed by atoms with van der Waals surface area (Å²) in [7, 11) is 1.84. The largest absolute Gasteiger partial charge is 0.370 e. The maximum absolute atomic E-state index is 4.22. The predicted octanol–water partition coefficient (Wildman–Crippen LogP) is 0.122. The highest BCUT2D eigenvalue weighted by Crippen LogP contribution is 2.12. The first-order valence-electron chi connectivity index (χ1n) is 3.72. The molecule has 12 heavy (non-hydrogen) atoms. The lowest BCUT2D eigenvalue weighted by atomic mass is 10.5. The van der Waals surface area contributed by atoms with Crippen LogP contribution in [0, 0.1) is 6.92 Å². The monoisotopic (exact) mass is 164 g/mol. The van der Waals surface area contributed by atoms with Gasteiger partial charge in [0.25, 0.3) is 0 Å². The molecule has 0 atom stereocenters. The van der Waals surface area contributed by atoms with Crippen molar-refractivity contribution in [1.82, 2.24) is 15.0 Å². The van der Waals surface area contributed by atoms with E-state index in [0.717, 1.165) is 22.8 Å². The van der Waals surface area contributed by atoms with Crippen molar-refractivity contribution in [3.63, 3.8) is 0 Å². The average Bonchev–Trinajstić information content (AvgIpc) is 2.50. The summed E-state index contributed by atoms with van der Waals surface area (Å²) >= 11 is 0. The van der Waals surface area contributed by atoms with Crippen molar-refractivity contribution in [2.45, 2.75) is 6.92 Å². The highest BCUT2D eigenvalue weighted by molar-refractivity contribution is 5.79. The van der Waals surface area contributed by atoms with Gasteiger partial charge < -0.3 is 5.32 Å². The summed E-state index contributed by atoms with van der Waals surface area (Å²) in [6.45, 7) is 1.86. The zero-order valence-corrected chi connectivity index (χ0v) is 6.97. The summed E-state index contributed by atoms with van der Waals surface area (Å²) in [6, 6.07) is 0. The van der Waals surface area contributed by atoms with Crippen molar-refractivity contribution in [1.29, 1.82) is 0 Å². The Bertz CT molecular complexity index is 405. The lowest BCUT2D eigenvalue weighted by Gasteiger charge is -1.95. The fourth-order valence-electron chi connectivity index (χ4n) is 1.17. The Labute approximate surface area is 69.3 Å². The molecule has 0 saturated heterocycles. The van der Waals surface area contributed by atoms with Crippen molar-refractivity contribution >= 4 is 17.0 Å². The normalized spacial score (nSPS) is 10.5. The fourth-order valence-corrected chi connectivity index (χ4v) is 1.17. The van der Waals surface area contributed by atoms with E-state index in [4.69, 9.17) is 0 Å². The lowest BCUT2D eigenvalue weighted by Crippen LogP contribution is -2.02. The van der Waals surface area contributed by atoms with Crippen molar-refractivity contribution in [3.05, 3.63) is 12.2 Å². The highest BCUT2D eigenvalue weighted by atomic mass is 15.1. The third kappa shape index (κ3) is 0.903. The first-order valence-corrected chi connectivity index (χ1v) is 3.72. The van der Waals surface area contributed by atoms with Gasteiger partial charge in [-0.3, -0.25) is 4.98 Å². The Morgan fingerprint density at radius 2 is 2.33 bits per heavy atom. The molecule has 2 heterocycles. The van der Waals surface area contributed by atoms with E-state index in [-0.39, 0.29) is 0 Å². The number of H-pyrrole nitrogens is 2. The molecule has 0 aliphatic heterocycles. The molecule has 3 N–H and O–H groups in total. The molecule has 0 unspecified atom stereocenters. The molecule has 0 bridgehead atoms. The van der Waals surface area contributed by atoms with Crippen molar-refractivity contribution in [2.24, 2.45) is 0 Å². The maximum Gasteiger partial charge on any atom is 0.305 e. The molecule has 2 aromatic rings.